The van der Waals surface area contributed by atoms with Crippen LogP contribution in [0.25, 0.3) is 0 Å². The van der Waals surface area contributed by atoms with Gasteiger partial charge >= 0.3 is 0 Å². The van der Waals surface area contributed by atoms with Crippen molar-refractivity contribution in [2.24, 2.45) is 0 Å². The van der Waals surface area contributed by atoms with Gasteiger partial charge in [0.05, 0.1) is 0 Å². The summed E-state index contributed by atoms with van der Waals surface area (Å²) in [6, 6.07) is 11.6. The van der Waals surface area contributed by atoms with Crippen molar-refractivity contribution in [3.8, 4) is 0 Å². The SMILES string of the molecule is O=C(Nc1ccc(F)cc1)c1cc(Nc2c(F)cccc2F)ccn1. The molecular formula is C18H12F3N3O. The summed E-state index contributed by atoms with van der Waals surface area (Å²) in [5, 5.41) is 5.14. The summed E-state index contributed by atoms with van der Waals surface area (Å²) < 4.78 is 40.3. The van der Waals surface area contributed by atoms with Crippen LogP contribution in [0.2, 0.25) is 0 Å². The van der Waals surface area contributed by atoms with Crippen molar-refractivity contribution in [3.63, 3.8) is 0 Å². The summed E-state index contributed by atoms with van der Waals surface area (Å²) in [5.74, 6) is -2.47. The van der Waals surface area contributed by atoms with E-state index in [9.17, 15) is 18.0 Å². The molecule has 3 aromatic rings. The molecule has 0 unspecified atom stereocenters. The Labute approximate surface area is 141 Å². The molecule has 0 atom stereocenters. The first-order valence-corrected chi connectivity index (χ1v) is 7.27. The molecule has 1 aromatic heterocycles. The van der Waals surface area contributed by atoms with Gasteiger partial charge in [0.2, 0.25) is 0 Å². The number of nitrogens with zero attached hydrogens (tertiary/aromatic N) is 1. The lowest BCUT2D eigenvalue weighted by Crippen LogP contribution is -2.14. The molecule has 25 heavy (non-hydrogen) atoms. The molecule has 0 aliphatic heterocycles. The third-order valence-corrected chi connectivity index (χ3v) is 3.33. The van der Waals surface area contributed by atoms with E-state index in [1.807, 2.05) is 0 Å². The van der Waals surface area contributed by atoms with Crippen molar-refractivity contribution in [1.82, 2.24) is 4.98 Å². The van der Waals surface area contributed by atoms with E-state index >= 15 is 0 Å². The molecule has 1 amide bonds. The maximum atomic E-state index is 13.7. The van der Waals surface area contributed by atoms with Crippen LogP contribution in [0.5, 0.6) is 0 Å². The number of halogens is 3. The molecule has 2 aromatic carbocycles. The van der Waals surface area contributed by atoms with Crippen molar-refractivity contribution in [2.45, 2.75) is 0 Å². The van der Waals surface area contributed by atoms with Gasteiger partial charge in [-0.1, -0.05) is 6.07 Å². The van der Waals surface area contributed by atoms with E-state index in [0.29, 0.717) is 11.4 Å². The van der Waals surface area contributed by atoms with Crippen molar-refractivity contribution in [3.05, 3.63) is 83.9 Å². The van der Waals surface area contributed by atoms with Crippen LogP contribution in [0.3, 0.4) is 0 Å². The molecule has 4 nitrogen and oxygen atoms in total. The van der Waals surface area contributed by atoms with E-state index in [1.165, 1.54) is 48.7 Å². The Morgan fingerprint density at radius 1 is 0.880 bits per heavy atom. The highest BCUT2D eigenvalue weighted by Crippen LogP contribution is 2.23. The third kappa shape index (κ3) is 3.95. The average molecular weight is 343 g/mol. The maximum Gasteiger partial charge on any atom is 0.274 e. The summed E-state index contributed by atoms with van der Waals surface area (Å²) in [5.41, 5.74) is 0.402. The van der Waals surface area contributed by atoms with Crippen LogP contribution in [0.4, 0.5) is 30.2 Å². The molecule has 0 aliphatic rings. The lowest BCUT2D eigenvalue weighted by atomic mass is 10.2. The Kier molecular flexibility index (Phi) is 4.65. The van der Waals surface area contributed by atoms with Gasteiger partial charge in [0.15, 0.2) is 0 Å². The minimum absolute atomic E-state index is 0.0334. The average Bonchev–Trinajstić information content (AvgIpc) is 2.60. The maximum absolute atomic E-state index is 13.7. The van der Waals surface area contributed by atoms with Crippen LogP contribution < -0.4 is 10.6 Å². The van der Waals surface area contributed by atoms with Crippen LogP contribution in [0, 0.1) is 17.5 Å². The number of nitrogens with one attached hydrogen (secondary N) is 2. The Balaban J connectivity index is 1.79. The van der Waals surface area contributed by atoms with Gasteiger partial charge in [-0.15, -0.1) is 0 Å². The van der Waals surface area contributed by atoms with Crippen LogP contribution in [-0.4, -0.2) is 10.9 Å². The van der Waals surface area contributed by atoms with Crippen molar-refractivity contribution < 1.29 is 18.0 Å². The molecule has 0 bridgehead atoms. The minimum Gasteiger partial charge on any atom is -0.351 e. The monoisotopic (exact) mass is 343 g/mol. The highest BCUT2D eigenvalue weighted by Gasteiger charge is 2.12. The molecule has 7 heteroatoms. The standard InChI is InChI=1S/C18H12F3N3O/c19-11-4-6-12(7-5-11)24-18(25)16-10-13(8-9-22-16)23-17-14(20)2-1-3-15(17)21/h1-10H,(H,22,23)(H,24,25). The molecule has 2 N–H and O–H groups in total. The minimum atomic E-state index is -0.755. The van der Waals surface area contributed by atoms with Gasteiger partial charge in [0, 0.05) is 17.6 Å². The number of benzene rings is 2. The van der Waals surface area contributed by atoms with E-state index < -0.39 is 23.4 Å². The van der Waals surface area contributed by atoms with Gasteiger partial charge in [-0.25, -0.2) is 13.2 Å². The zero-order chi connectivity index (χ0) is 17.8. The fourth-order valence-electron chi connectivity index (χ4n) is 2.12. The van der Waals surface area contributed by atoms with E-state index in [4.69, 9.17) is 0 Å². The highest BCUT2D eigenvalue weighted by molar-refractivity contribution is 6.03. The van der Waals surface area contributed by atoms with E-state index in [0.717, 1.165) is 12.1 Å². The van der Waals surface area contributed by atoms with Gasteiger partial charge in [-0.3, -0.25) is 9.78 Å². The molecule has 0 saturated heterocycles. The second-order valence-corrected chi connectivity index (χ2v) is 5.11. The van der Waals surface area contributed by atoms with Gasteiger partial charge < -0.3 is 10.6 Å². The van der Waals surface area contributed by atoms with E-state index in [-0.39, 0.29) is 11.4 Å². The topological polar surface area (TPSA) is 54.0 Å². The molecule has 0 radical (unpaired) electrons. The van der Waals surface area contributed by atoms with Crippen molar-refractivity contribution >= 4 is 23.0 Å². The molecule has 1 heterocycles. The molecule has 0 spiro atoms. The van der Waals surface area contributed by atoms with Gasteiger partial charge in [0.1, 0.15) is 28.8 Å². The second kappa shape index (κ2) is 7.04. The first-order valence-electron chi connectivity index (χ1n) is 7.27. The third-order valence-electron chi connectivity index (χ3n) is 3.33. The summed E-state index contributed by atoms with van der Waals surface area (Å²) in [6.45, 7) is 0. The zero-order valence-corrected chi connectivity index (χ0v) is 12.8. The quantitative estimate of drug-likeness (QED) is 0.734. The Hall–Kier alpha value is -3.35. The highest BCUT2D eigenvalue weighted by atomic mass is 19.1. The molecule has 126 valence electrons. The lowest BCUT2D eigenvalue weighted by molar-refractivity contribution is 0.102. The number of amides is 1. The number of aromatic nitrogens is 1. The first-order chi connectivity index (χ1) is 12.0. The molecule has 0 fully saturated rings. The Morgan fingerprint density at radius 2 is 1.56 bits per heavy atom. The van der Waals surface area contributed by atoms with Gasteiger partial charge in [-0.2, -0.15) is 0 Å². The predicted octanol–water partition coefficient (Wildman–Crippen LogP) is 4.49. The van der Waals surface area contributed by atoms with E-state index in [1.54, 1.807) is 0 Å². The van der Waals surface area contributed by atoms with Crippen LogP contribution in [-0.2, 0) is 0 Å². The number of hydrogen-bond donors (Lipinski definition) is 2. The van der Waals surface area contributed by atoms with Crippen molar-refractivity contribution in [2.75, 3.05) is 10.6 Å². The second-order valence-electron chi connectivity index (χ2n) is 5.11. The number of hydrogen-bond acceptors (Lipinski definition) is 3. The van der Waals surface area contributed by atoms with Crippen LogP contribution in [0.15, 0.2) is 60.8 Å². The normalized spacial score (nSPS) is 10.4. The summed E-state index contributed by atoms with van der Waals surface area (Å²) >= 11 is 0. The molecule has 0 aliphatic carbocycles. The molecular weight excluding hydrogens is 331 g/mol. The number of para-hydroxylation sites is 1. The predicted molar refractivity (Wildman–Crippen MR) is 88.2 cm³/mol. The summed E-state index contributed by atoms with van der Waals surface area (Å²) in [7, 11) is 0. The van der Waals surface area contributed by atoms with Gasteiger partial charge in [0.25, 0.3) is 5.91 Å². The summed E-state index contributed by atoms with van der Waals surface area (Å²) in [6.07, 6.45) is 1.33. The number of anilines is 3. The Morgan fingerprint density at radius 3 is 2.24 bits per heavy atom. The molecule has 0 saturated carbocycles. The van der Waals surface area contributed by atoms with Crippen LogP contribution >= 0.6 is 0 Å². The van der Waals surface area contributed by atoms with Crippen molar-refractivity contribution in [1.29, 1.82) is 0 Å². The number of rotatable bonds is 4. The first kappa shape index (κ1) is 16.5. The summed E-state index contributed by atoms with van der Waals surface area (Å²) in [4.78, 5) is 16.1. The fraction of sp³-hybridized carbons (Fsp3) is 0. The fourth-order valence-corrected chi connectivity index (χ4v) is 2.12. The zero-order valence-electron chi connectivity index (χ0n) is 12.8. The number of carbonyl (C=O) groups is 1. The number of carbonyl (C=O) groups excluding carboxylic acids is 1. The Bertz CT molecular complexity index is 893. The lowest BCUT2D eigenvalue weighted by Gasteiger charge is -2.10. The largest absolute Gasteiger partial charge is 0.351 e. The smallest absolute Gasteiger partial charge is 0.274 e. The van der Waals surface area contributed by atoms with Crippen LogP contribution in [0.1, 0.15) is 10.5 Å². The van der Waals surface area contributed by atoms with Gasteiger partial charge in [-0.05, 0) is 48.5 Å². The number of pyridine rings is 1. The van der Waals surface area contributed by atoms with E-state index in [2.05, 4.69) is 15.6 Å². The molecule has 3 rings (SSSR count).